The van der Waals surface area contributed by atoms with Gasteiger partial charge in [0.25, 0.3) is 0 Å². The molecule has 1 saturated carbocycles. The van der Waals surface area contributed by atoms with Gasteiger partial charge in [-0.15, -0.1) is 0 Å². The second-order valence-corrected chi connectivity index (χ2v) is 5.47. The summed E-state index contributed by atoms with van der Waals surface area (Å²) in [5.41, 5.74) is 1.13. The van der Waals surface area contributed by atoms with Crippen LogP contribution >= 0.6 is 0 Å². The summed E-state index contributed by atoms with van der Waals surface area (Å²) in [5.74, 6) is 0.924. The monoisotopic (exact) mass is 284 g/mol. The molecule has 1 aromatic carbocycles. The van der Waals surface area contributed by atoms with Gasteiger partial charge in [-0.2, -0.15) is 0 Å². The first kappa shape index (κ1) is 13.9. The normalized spacial score (nSPS) is 14.1. The van der Waals surface area contributed by atoms with Crippen LogP contribution in [0.1, 0.15) is 24.2 Å². The lowest BCUT2D eigenvalue weighted by Gasteiger charge is -2.22. The fourth-order valence-corrected chi connectivity index (χ4v) is 2.26. The first-order chi connectivity index (χ1) is 10.3. The van der Waals surface area contributed by atoms with Crippen LogP contribution in [-0.4, -0.2) is 23.4 Å². The second-order valence-electron chi connectivity index (χ2n) is 5.47. The predicted molar refractivity (Wildman–Crippen MR) is 80.4 cm³/mol. The van der Waals surface area contributed by atoms with Gasteiger partial charge in [0, 0.05) is 12.6 Å². The van der Waals surface area contributed by atoms with E-state index in [4.69, 9.17) is 4.42 Å². The number of hydrogen-bond donors (Lipinski definition) is 1. The van der Waals surface area contributed by atoms with Crippen molar-refractivity contribution in [1.82, 2.24) is 10.2 Å². The average Bonchev–Trinajstić information content (AvgIpc) is 3.20. The Hall–Kier alpha value is -2.07. The third-order valence-electron chi connectivity index (χ3n) is 3.62. The molecular weight excluding hydrogens is 264 g/mol. The number of carbonyl (C=O) groups is 1. The SMILES string of the molecule is O=C(CNC1CC1)N(Cc1ccccc1)Cc1ccco1. The van der Waals surface area contributed by atoms with Crippen molar-refractivity contribution in [3.8, 4) is 0 Å². The third-order valence-corrected chi connectivity index (χ3v) is 3.62. The Morgan fingerprint density at radius 3 is 2.62 bits per heavy atom. The van der Waals surface area contributed by atoms with Gasteiger partial charge < -0.3 is 14.6 Å². The Balaban J connectivity index is 1.65. The minimum absolute atomic E-state index is 0.113. The number of rotatable bonds is 7. The van der Waals surface area contributed by atoms with Gasteiger partial charge in [-0.1, -0.05) is 30.3 Å². The molecule has 0 bridgehead atoms. The first-order valence-electron chi connectivity index (χ1n) is 7.39. The van der Waals surface area contributed by atoms with E-state index < -0.39 is 0 Å². The minimum Gasteiger partial charge on any atom is -0.467 e. The lowest BCUT2D eigenvalue weighted by atomic mass is 10.2. The van der Waals surface area contributed by atoms with Gasteiger partial charge in [-0.25, -0.2) is 0 Å². The van der Waals surface area contributed by atoms with E-state index in [0.29, 0.717) is 25.7 Å². The highest BCUT2D eigenvalue weighted by Crippen LogP contribution is 2.18. The molecule has 1 fully saturated rings. The van der Waals surface area contributed by atoms with E-state index >= 15 is 0 Å². The van der Waals surface area contributed by atoms with Gasteiger partial charge in [0.05, 0.1) is 19.4 Å². The topological polar surface area (TPSA) is 45.5 Å². The molecule has 0 unspecified atom stereocenters. The summed E-state index contributed by atoms with van der Waals surface area (Å²) in [7, 11) is 0. The van der Waals surface area contributed by atoms with Crippen LogP contribution in [0.15, 0.2) is 53.1 Å². The Kier molecular flexibility index (Phi) is 4.36. The van der Waals surface area contributed by atoms with Crippen molar-refractivity contribution in [3.05, 3.63) is 60.1 Å². The number of amides is 1. The highest BCUT2D eigenvalue weighted by atomic mass is 16.3. The Morgan fingerprint density at radius 1 is 1.14 bits per heavy atom. The Morgan fingerprint density at radius 2 is 1.95 bits per heavy atom. The van der Waals surface area contributed by atoms with Crippen molar-refractivity contribution in [2.45, 2.75) is 32.0 Å². The number of furan rings is 1. The zero-order valence-electron chi connectivity index (χ0n) is 12.0. The molecule has 0 radical (unpaired) electrons. The number of benzene rings is 1. The molecule has 1 aliphatic carbocycles. The van der Waals surface area contributed by atoms with Crippen molar-refractivity contribution in [3.63, 3.8) is 0 Å². The summed E-state index contributed by atoms with van der Waals surface area (Å²) in [6, 6.07) is 14.3. The van der Waals surface area contributed by atoms with Gasteiger partial charge in [0.15, 0.2) is 0 Å². The van der Waals surface area contributed by atoms with E-state index in [-0.39, 0.29) is 5.91 Å². The predicted octanol–water partition coefficient (Wildman–Crippen LogP) is 2.56. The molecule has 1 N–H and O–H groups in total. The summed E-state index contributed by atoms with van der Waals surface area (Å²) in [6.45, 7) is 1.51. The quantitative estimate of drug-likeness (QED) is 0.850. The largest absolute Gasteiger partial charge is 0.467 e. The average molecular weight is 284 g/mol. The van der Waals surface area contributed by atoms with E-state index in [1.807, 2.05) is 47.4 Å². The molecule has 1 amide bonds. The molecule has 1 aliphatic rings. The Labute approximate surface area is 124 Å². The highest BCUT2D eigenvalue weighted by Gasteiger charge is 2.23. The van der Waals surface area contributed by atoms with E-state index in [9.17, 15) is 4.79 Å². The van der Waals surface area contributed by atoms with Crippen LogP contribution in [-0.2, 0) is 17.9 Å². The smallest absolute Gasteiger partial charge is 0.237 e. The summed E-state index contributed by atoms with van der Waals surface area (Å²) in [4.78, 5) is 14.3. The Bertz CT molecular complexity index is 562. The van der Waals surface area contributed by atoms with Crippen LogP contribution in [0.2, 0.25) is 0 Å². The molecule has 3 rings (SSSR count). The molecule has 4 nitrogen and oxygen atoms in total. The second kappa shape index (κ2) is 6.59. The number of nitrogens with one attached hydrogen (secondary N) is 1. The molecular formula is C17H20N2O2. The maximum absolute atomic E-state index is 12.4. The molecule has 110 valence electrons. The zero-order chi connectivity index (χ0) is 14.5. The van der Waals surface area contributed by atoms with Crippen LogP contribution in [0.3, 0.4) is 0 Å². The van der Waals surface area contributed by atoms with Crippen LogP contribution in [0.5, 0.6) is 0 Å². The van der Waals surface area contributed by atoms with E-state index in [0.717, 1.165) is 11.3 Å². The van der Waals surface area contributed by atoms with Gasteiger partial charge >= 0.3 is 0 Å². The highest BCUT2D eigenvalue weighted by molar-refractivity contribution is 5.78. The van der Waals surface area contributed by atoms with E-state index in [1.165, 1.54) is 12.8 Å². The summed E-state index contributed by atoms with van der Waals surface area (Å²) >= 11 is 0. The van der Waals surface area contributed by atoms with Crippen molar-refractivity contribution < 1.29 is 9.21 Å². The molecule has 21 heavy (non-hydrogen) atoms. The van der Waals surface area contributed by atoms with Gasteiger partial charge in [0.2, 0.25) is 5.91 Å². The molecule has 0 atom stereocenters. The van der Waals surface area contributed by atoms with Crippen molar-refractivity contribution in [2.24, 2.45) is 0 Å². The van der Waals surface area contributed by atoms with Crippen molar-refractivity contribution >= 4 is 5.91 Å². The number of hydrogen-bond acceptors (Lipinski definition) is 3. The minimum atomic E-state index is 0.113. The van der Waals surface area contributed by atoms with Gasteiger partial charge in [-0.05, 0) is 30.5 Å². The lowest BCUT2D eigenvalue weighted by Crippen LogP contribution is -2.38. The summed E-state index contributed by atoms with van der Waals surface area (Å²) < 4.78 is 5.38. The van der Waals surface area contributed by atoms with Crippen LogP contribution in [0.4, 0.5) is 0 Å². The lowest BCUT2D eigenvalue weighted by molar-refractivity contribution is -0.131. The number of carbonyl (C=O) groups excluding carboxylic acids is 1. The fraction of sp³-hybridized carbons (Fsp3) is 0.353. The molecule has 0 spiro atoms. The van der Waals surface area contributed by atoms with E-state index in [2.05, 4.69) is 5.32 Å². The van der Waals surface area contributed by atoms with Crippen molar-refractivity contribution in [1.29, 1.82) is 0 Å². The van der Waals surface area contributed by atoms with Crippen LogP contribution < -0.4 is 5.32 Å². The molecule has 2 aromatic rings. The molecule has 1 aromatic heterocycles. The van der Waals surface area contributed by atoms with Crippen LogP contribution in [0, 0.1) is 0 Å². The number of nitrogens with zero attached hydrogens (tertiary/aromatic N) is 1. The molecule has 0 aliphatic heterocycles. The fourth-order valence-electron chi connectivity index (χ4n) is 2.26. The molecule has 0 saturated heterocycles. The van der Waals surface area contributed by atoms with Crippen LogP contribution in [0.25, 0.3) is 0 Å². The van der Waals surface area contributed by atoms with E-state index in [1.54, 1.807) is 6.26 Å². The van der Waals surface area contributed by atoms with Crippen molar-refractivity contribution in [2.75, 3.05) is 6.54 Å². The maximum atomic E-state index is 12.4. The van der Waals surface area contributed by atoms with Gasteiger partial charge in [0.1, 0.15) is 5.76 Å². The zero-order valence-corrected chi connectivity index (χ0v) is 12.0. The summed E-state index contributed by atoms with van der Waals surface area (Å²) in [6.07, 6.45) is 4.01. The molecule has 1 heterocycles. The van der Waals surface area contributed by atoms with Gasteiger partial charge in [-0.3, -0.25) is 4.79 Å². The first-order valence-corrected chi connectivity index (χ1v) is 7.39. The third kappa shape index (κ3) is 4.20. The molecule has 4 heteroatoms. The standard InChI is InChI=1S/C17H20N2O2/c20-17(11-18-15-8-9-15)19(13-16-7-4-10-21-16)12-14-5-2-1-3-6-14/h1-7,10,15,18H,8-9,11-13H2. The maximum Gasteiger partial charge on any atom is 0.237 e. The summed E-state index contributed by atoms with van der Waals surface area (Å²) in [5, 5.41) is 3.28.